The summed E-state index contributed by atoms with van der Waals surface area (Å²) >= 11 is 8.06. The molecule has 0 fully saturated rings. The fourth-order valence-electron chi connectivity index (χ4n) is 2.86. The molecule has 1 aliphatic carbocycles. The predicted molar refractivity (Wildman–Crippen MR) is 79.1 cm³/mol. The van der Waals surface area contributed by atoms with Crippen molar-refractivity contribution in [2.45, 2.75) is 11.3 Å². The third-order valence-electron chi connectivity index (χ3n) is 3.71. The quantitative estimate of drug-likeness (QED) is 0.655. The van der Waals surface area contributed by atoms with E-state index in [0.717, 1.165) is 17.2 Å². The minimum atomic E-state index is 0.839. The van der Waals surface area contributed by atoms with Gasteiger partial charge in [0, 0.05) is 15.7 Å². The maximum absolute atomic E-state index is 6.13. The molecular formula is C16H11ClS. The van der Waals surface area contributed by atoms with E-state index in [1.54, 1.807) is 0 Å². The van der Waals surface area contributed by atoms with E-state index in [9.17, 15) is 0 Å². The molecule has 0 saturated heterocycles. The van der Waals surface area contributed by atoms with Crippen LogP contribution in [0.15, 0.2) is 47.4 Å². The van der Waals surface area contributed by atoms with Gasteiger partial charge in [0.1, 0.15) is 0 Å². The largest absolute Gasteiger partial charge is 0.121 e. The molecule has 0 N–H and O–H groups in total. The van der Waals surface area contributed by atoms with Gasteiger partial charge in [-0.2, -0.15) is 0 Å². The van der Waals surface area contributed by atoms with Crippen LogP contribution in [-0.2, 0) is 6.42 Å². The first kappa shape index (κ1) is 10.7. The summed E-state index contributed by atoms with van der Waals surface area (Å²) in [7, 11) is 0. The highest BCUT2D eigenvalue weighted by Gasteiger charge is 2.27. The molecule has 1 heterocycles. The van der Waals surface area contributed by atoms with Crippen molar-refractivity contribution < 1.29 is 0 Å². The number of benzene rings is 2. The van der Waals surface area contributed by atoms with Crippen molar-refractivity contribution in [3.8, 4) is 0 Å². The summed E-state index contributed by atoms with van der Waals surface area (Å²) in [5, 5.41) is 0.839. The van der Waals surface area contributed by atoms with Gasteiger partial charge < -0.3 is 0 Å². The lowest BCUT2D eigenvalue weighted by Crippen LogP contribution is -1.97. The Balaban J connectivity index is 1.94. The zero-order valence-electron chi connectivity index (χ0n) is 9.74. The Morgan fingerprint density at radius 1 is 0.944 bits per heavy atom. The number of hydrogen-bond donors (Lipinski definition) is 0. The van der Waals surface area contributed by atoms with Gasteiger partial charge in [-0.3, -0.25) is 0 Å². The highest BCUT2D eigenvalue weighted by Crippen LogP contribution is 2.47. The molecule has 0 bridgehead atoms. The number of allylic oxidation sites excluding steroid dienone is 1. The summed E-state index contributed by atoms with van der Waals surface area (Å²) in [6.45, 7) is 0. The number of rotatable bonds is 0. The number of hydrogen-bond acceptors (Lipinski definition) is 1. The van der Waals surface area contributed by atoms with E-state index in [1.807, 2.05) is 17.8 Å². The van der Waals surface area contributed by atoms with Crippen molar-refractivity contribution in [1.29, 1.82) is 0 Å². The molecule has 88 valence electrons. The molecule has 2 heteroatoms. The highest BCUT2D eigenvalue weighted by atomic mass is 35.5. The van der Waals surface area contributed by atoms with E-state index < -0.39 is 0 Å². The average Bonchev–Trinajstić information content (AvgIpc) is 2.77. The Hall–Kier alpha value is -1.18. The summed E-state index contributed by atoms with van der Waals surface area (Å²) in [4.78, 5) is 1.41. The normalized spacial score (nSPS) is 16.3. The van der Waals surface area contributed by atoms with Crippen LogP contribution in [0.5, 0.6) is 0 Å². The molecule has 0 aromatic heterocycles. The van der Waals surface area contributed by atoms with Crippen LogP contribution >= 0.6 is 23.4 Å². The number of halogens is 1. The lowest BCUT2D eigenvalue weighted by atomic mass is 10.0. The first-order valence-corrected chi connectivity index (χ1v) is 7.42. The van der Waals surface area contributed by atoms with Crippen LogP contribution in [0.3, 0.4) is 0 Å². The maximum atomic E-state index is 6.13. The minimum Gasteiger partial charge on any atom is -0.121 e. The van der Waals surface area contributed by atoms with Gasteiger partial charge in [-0.05, 0) is 52.5 Å². The van der Waals surface area contributed by atoms with Gasteiger partial charge in [0.2, 0.25) is 0 Å². The Kier molecular flexibility index (Phi) is 2.33. The molecule has 2 aromatic rings. The molecule has 18 heavy (non-hydrogen) atoms. The Morgan fingerprint density at radius 3 is 2.78 bits per heavy atom. The third kappa shape index (κ3) is 1.47. The van der Waals surface area contributed by atoms with Gasteiger partial charge >= 0.3 is 0 Å². The first-order valence-electron chi connectivity index (χ1n) is 6.06. The third-order valence-corrected chi connectivity index (χ3v) is 5.05. The van der Waals surface area contributed by atoms with Crippen LogP contribution in [-0.4, -0.2) is 5.75 Å². The van der Waals surface area contributed by atoms with Crippen LogP contribution in [0.1, 0.15) is 16.7 Å². The van der Waals surface area contributed by atoms with Crippen molar-refractivity contribution in [2.75, 3.05) is 5.75 Å². The molecule has 0 spiro atoms. The van der Waals surface area contributed by atoms with Crippen molar-refractivity contribution in [2.24, 2.45) is 0 Å². The van der Waals surface area contributed by atoms with Crippen LogP contribution in [0.2, 0.25) is 5.02 Å². The van der Waals surface area contributed by atoms with Crippen molar-refractivity contribution in [3.05, 3.63) is 64.2 Å². The molecule has 0 radical (unpaired) electrons. The van der Waals surface area contributed by atoms with Gasteiger partial charge in [-0.15, -0.1) is 11.8 Å². The lowest BCUT2D eigenvalue weighted by Gasteiger charge is -2.18. The second-order valence-electron chi connectivity index (χ2n) is 4.72. The van der Waals surface area contributed by atoms with Crippen molar-refractivity contribution in [3.63, 3.8) is 0 Å². The molecule has 0 unspecified atom stereocenters. The molecule has 0 nitrogen and oxygen atoms in total. The van der Waals surface area contributed by atoms with Gasteiger partial charge in [-0.25, -0.2) is 0 Å². The minimum absolute atomic E-state index is 0.839. The molecule has 2 aromatic carbocycles. The second-order valence-corrected chi connectivity index (χ2v) is 6.17. The van der Waals surface area contributed by atoms with Crippen molar-refractivity contribution in [1.82, 2.24) is 0 Å². The van der Waals surface area contributed by atoms with E-state index in [2.05, 4.69) is 36.4 Å². The van der Waals surface area contributed by atoms with Gasteiger partial charge in [0.05, 0.1) is 0 Å². The summed E-state index contributed by atoms with van der Waals surface area (Å²) in [5.74, 6) is 1.07. The van der Waals surface area contributed by atoms with E-state index in [-0.39, 0.29) is 0 Å². The summed E-state index contributed by atoms with van der Waals surface area (Å²) in [6, 6.07) is 15.0. The van der Waals surface area contributed by atoms with Crippen LogP contribution in [0.4, 0.5) is 0 Å². The zero-order valence-corrected chi connectivity index (χ0v) is 11.3. The van der Waals surface area contributed by atoms with Crippen LogP contribution in [0.25, 0.3) is 11.1 Å². The number of thioether (sulfide) groups is 1. The van der Waals surface area contributed by atoms with Gasteiger partial charge in [0.15, 0.2) is 0 Å². The number of fused-ring (bicyclic) bond motifs is 4. The summed E-state index contributed by atoms with van der Waals surface area (Å²) in [5.41, 5.74) is 7.18. The predicted octanol–water partition coefficient (Wildman–Crippen LogP) is 4.91. The molecule has 0 atom stereocenters. The van der Waals surface area contributed by atoms with Gasteiger partial charge in [-0.1, -0.05) is 35.9 Å². The first-order chi connectivity index (χ1) is 8.83. The Bertz CT molecular complexity index is 685. The van der Waals surface area contributed by atoms with Crippen molar-refractivity contribution >= 4 is 34.5 Å². The standard InChI is InChI=1S/C16H11ClS/c17-11-6-5-10-7-14-12-3-1-2-4-16(12)18-9-15(14)13(10)8-11/h1-6,8H,7,9H2. The topological polar surface area (TPSA) is 0 Å². The van der Waals surface area contributed by atoms with Gasteiger partial charge in [0.25, 0.3) is 0 Å². The summed E-state index contributed by atoms with van der Waals surface area (Å²) < 4.78 is 0. The smallest absolute Gasteiger partial charge is 0.0412 e. The Labute approximate surface area is 116 Å². The van der Waals surface area contributed by atoms with E-state index in [0.29, 0.717) is 0 Å². The monoisotopic (exact) mass is 270 g/mol. The molecule has 0 amide bonds. The van der Waals surface area contributed by atoms with E-state index in [4.69, 9.17) is 11.6 Å². The van der Waals surface area contributed by atoms with Crippen LogP contribution < -0.4 is 0 Å². The zero-order chi connectivity index (χ0) is 12.1. The van der Waals surface area contributed by atoms with Crippen LogP contribution in [0, 0.1) is 0 Å². The highest BCUT2D eigenvalue weighted by molar-refractivity contribution is 7.99. The average molecular weight is 271 g/mol. The van der Waals surface area contributed by atoms with E-state index in [1.165, 1.54) is 32.7 Å². The lowest BCUT2D eigenvalue weighted by molar-refractivity contribution is 1.28. The second kappa shape index (κ2) is 3.91. The maximum Gasteiger partial charge on any atom is 0.0412 e. The fourth-order valence-corrected chi connectivity index (χ4v) is 4.18. The summed E-state index contributed by atoms with van der Waals surface area (Å²) in [6.07, 6.45) is 1.05. The molecule has 0 saturated carbocycles. The van der Waals surface area contributed by atoms with E-state index >= 15 is 0 Å². The Morgan fingerprint density at radius 2 is 1.83 bits per heavy atom. The molecule has 4 rings (SSSR count). The molecule has 1 aliphatic heterocycles. The fraction of sp³-hybridized carbons (Fsp3) is 0.125. The SMILES string of the molecule is Clc1ccc2c(c1)C1=C(C2)c2ccccc2SC1. The molecule has 2 aliphatic rings. The molecular weight excluding hydrogens is 260 g/mol.